The zero-order valence-electron chi connectivity index (χ0n) is 41.9. The highest BCUT2D eigenvalue weighted by Crippen LogP contribution is 2.14. The Bertz CT molecular complexity index is 930. The molecule has 0 saturated heterocycles. The van der Waals surface area contributed by atoms with Gasteiger partial charge >= 0.3 is 11.9 Å². The van der Waals surface area contributed by atoms with Crippen LogP contribution in [0.1, 0.15) is 290 Å². The third kappa shape index (κ3) is 50.8. The van der Waals surface area contributed by atoms with E-state index in [4.69, 9.17) is 14.2 Å². The number of allylic oxidation sites excluding steroid dienone is 6. The summed E-state index contributed by atoms with van der Waals surface area (Å²) in [6.45, 7) is 7.72. The number of carbonyl (C=O) groups excluding carboxylic acids is 2. The third-order valence-corrected chi connectivity index (χ3v) is 12.2. The van der Waals surface area contributed by atoms with Crippen LogP contribution < -0.4 is 0 Å². The molecule has 0 amide bonds. The highest BCUT2D eigenvalue weighted by molar-refractivity contribution is 5.69. The van der Waals surface area contributed by atoms with Gasteiger partial charge in [-0.15, -0.1) is 0 Å². The fraction of sp³-hybridized carbons (Fsp3) is 0.860. The molecule has 62 heavy (non-hydrogen) atoms. The fourth-order valence-electron chi connectivity index (χ4n) is 7.94. The maximum absolute atomic E-state index is 12.6. The molecule has 0 fully saturated rings. The number of rotatable bonds is 51. The monoisotopic (exact) mass is 871 g/mol. The van der Waals surface area contributed by atoms with Crippen LogP contribution in [0.4, 0.5) is 0 Å². The molecule has 0 heterocycles. The summed E-state index contributed by atoms with van der Waals surface area (Å²) >= 11 is 0. The molecule has 0 N–H and O–H groups in total. The van der Waals surface area contributed by atoms with Crippen LogP contribution in [0.2, 0.25) is 0 Å². The molecule has 0 aliphatic rings. The Kier molecular flexibility index (Phi) is 51.8. The summed E-state index contributed by atoms with van der Waals surface area (Å²) in [7, 11) is 0. The first-order valence-corrected chi connectivity index (χ1v) is 27.5. The van der Waals surface area contributed by atoms with Gasteiger partial charge in [0.15, 0.2) is 0 Å². The van der Waals surface area contributed by atoms with Gasteiger partial charge in [0, 0.05) is 19.4 Å². The minimum atomic E-state index is -0.408. The van der Waals surface area contributed by atoms with Crippen molar-refractivity contribution in [3.63, 3.8) is 0 Å². The predicted octanol–water partition coefficient (Wildman–Crippen LogP) is 18.6. The Hall–Kier alpha value is -1.88. The van der Waals surface area contributed by atoms with E-state index in [1.165, 1.54) is 205 Å². The molecular formula is C57H106O5. The average Bonchev–Trinajstić information content (AvgIpc) is 3.28. The van der Waals surface area contributed by atoms with Crippen LogP contribution >= 0.6 is 0 Å². The maximum Gasteiger partial charge on any atom is 0.305 e. The quantitative estimate of drug-likeness (QED) is 0.0346. The van der Waals surface area contributed by atoms with Gasteiger partial charge in [-0.3, -0.25) is 9.59 Å². The number of carbonyl (C=O) groups is 2. The normalized spacial score (nSPS) is 11.9. The van der Waals surface area contributed by atoms with E-state index in [2.05, 4.69) is 57.2 Å². The van der Waals surface area contributed by atoms with Gasteiger partial charge in [0.1, 0.15) is 19.3 Å². The van der Waals surface area contributed by atoms with Gasteiger partial charge in [-0.05, 0) is 96.3 Å². The summed E-state index contributed by atoms with van der Waals surface area (Å²) in [5, 5.41) is 0. The van der Waals surface area contributed by atoms with Gasteiger partial charge in [0.2, 0.25) is 0 Å². The summed E-state index contributed by atoms with van der Waals surface area (Å²) < 4.78 is 17.5. The van der Waals surface area contributed by atoms with Crippen LogP contribution in [0.15, 0.2) is 36.5 Å². The minimum Gasteiger partial charge on any atom is -0.463 e. The highest BCUT2D eigenvalue weighted by atomic mass is 16.6. The van der Waals surface area contributed by atoms with Gasteiger partial charge in [0.05, 0.1) is 0 Å². The molecule has 0 atom stereocenters. The number of hydrogen-bond acceptors (Lipinski definition) is 5. The van der Waals surface area contributed by atoms with E-state index in [1.807, 2.05) is 0 Å². The molecule has 0 aromatic rings. The Balaban J connectivity index is 4.27. The highest BCUT2D eigenvalue weighted by Gasteiger charge is 2.16. The smallest absolute Gasteiger partial charge is 0.305 e. The van der Waals surface area contributed by atoms with Gasteiger partial charge in [-0.25, -0.2) is 0 Å². The summed E-state index contributed by atoms with van der Waals surface area (Å²) in [6, 6.07) is 0. The summed E-state index contributed by atoms with van der Waals surface area (Å²) in [6.07, 6.45) is 64.6. The topological polar surface area (TPSA) is 61.8 Å². The largest absolute Gasteiger partial charge is 0.463 e. The summed E-state index contributed by atoms with van der Waals surface area (Å²) in [5.74, 6) is -0.346. The molecule has 0 rings (SSSR count). The predicted molar refractivity (Wildman–Crippen MR) is 270 cm³/mol. The molecule has 0 saturated carbocycles. The lowest BCUT2D eigenvalue weighted by Crippen LogP contribution is -2.29. The maximum atomic E-state index is 12.6. The molecular weight excluding hydrogens is 765 g/mol. The Morgan fingerprint density at radius 2 is 0.565 bits per heavy atom. The lowest BCUT2D eigenvalue weighted by molar-refractivity contribution is -0.155. The Morgan fingerprint density at radius 3 is 0.855 bits per heavy atom. The van der Waals surface area contributed by atoms with Crippen molar-refractivity contribution in [1.82, 2.24) is 0 Å². The number of unbranched alkanes of at least 4 members (excludes halogenated alkanes) is 34. The van der Waals surface area contributed by atoms with Crippen LogP contribution in [0.25, 0.3) is 0 Å². The van der Waals surface area contributed by atoms with E-state index in [0.717, 1.165) is 51.4 Å². The molecule has 0 bridgehead atoms. The molecule has 0 aliphatic carbocycles. The van der Waals surface area contributed by atoms with Crippen LogP contribution in [0.3, 0.4) is 0 Å². The number of hydrogen-bond donors (Lipinski definition) is 0. The van der Waals surface area contributed by atoms with Crippen molar-refractivity contribution in [2.45, 2.75) is 297 Å². The van der Waals surface area contributed by atoms with Crippen LogP contribution in [-0.2, 0) is 23.8 Å². The molecule has 0 aliphatic heterocycles. The molecule has 5 nitrogen and oxygen atoms in total. The van der Waals surface area contributed by atoms with E-state index in [-0.39, 0.29) is 25.2 Å². The van der Waals surface area contributed by atoms with E-state index >= 15 is 0 Å². The molecule has 0 radical (unpaired) electrons. The van der Waals surface area contributed by atoms with Crippen molar-refractivity contribution in [2.75, 3.05) is 19.8 Å². The zero-order chi connectivity index (χ0) is 44.9. The second kappa shape index (κ2) is 53.5. The first kappa shape index (κ1) is 60.1. The van der Waals surface area contributed by atoms with Crippen molar-refractivity contribution < 1.29 is 23.8 Å². The van der Waals surface area contributed by atoms with E-state index < -0.39 is 6.10 Å². The zero-order valence-corrected chi connectivity index (χ0v) is 41.9. The van der Waals surface area contributed by atoms with Gasteiger partial charge in [0.25, 0.3) is 0 Å². The first-order valence-electron chi connectivity index (χ1n) is 27.5. The van der Waals surface area contributed by atoms with Crippen molar-refractivity contribution in [2.24, 2.45) is 0 Å². The number of ether oxygens (including phenoxy) is 3. The summed E-state index contributed by atoms with van der Waals surface area (Å²) in [5.41, 5.74) is 0. The molecule has 0 aromatic carbocycles. The average molecular weight is 871 g/mol. The van der Waals surface area contributed by atoms with Gasteiger partial charge < -0.3 is 14.2 Å². The molecule has 5 heteroatoms. The second-order valence-electron chi connectivity index (χ2n) is 18.5. The van der Waals surface area contributed by atoms with Crippen LogP contribution in [0.5, 0.6) is 0 Å². The standard InChI is InChI=1S/C57H106O5/c1-4-7-10-13-16-19-22-25-28-31-34-37-40-43-46-49-52-60-55(53-61-56(58)50-47-44-41-38-35-32-29-26-23-20-17-14-11-8-5-2)54-62-57(59)51-48-45-42-39-36-33-30-27-24-21-18-15-12-9-6-3/h25-30,55H,4-24,31-54H2,1-3H3/b28-25-,29-26-,30-27-. The molecule has 0 unspecified atom stereocenters. The Labute approximate surface area is 387 Å². The SMILES string of the molecule is CCCCCCCC/C=C\CCCCCCCCOC(COC(=O)CCCCCCC/C=C\CCCCCCCC)COC(=O)CCCCCCC/C=C\CCCCCCCC. The van der Waals surface area contributed by atoms with Crippen LogP contribution in [0, 0.1) is 0 Å². The van der Waals surface area contributed by atoms with E-state index in [9.17, 15) is 9.59 Å². The lowest BCUT2D eigenvalue weighted by atomic mass is 10.1. The van der Waals surface area contributed by atoms with Crippen molar-refractivity contribution in [3.8, 4) is 0 Å². The van der Waals surface area contributed by atoms with Gasteiger partial charge in [-0.2, -0.15) is 0 Å². The van der Waals surface area contributed by atoms with Crippen molar-refractivity contribution in [1.29, 1.82) is 0 Å². The molecule has 364 valence electrons. The van der Waals surface area contributed by atoms with Crippen molar-refractivity contribution in [3.05, 3.63) is 36.5 Å². The second-order valence-corrected chi connectivity index (χ2v) is 18.5. The molecule has 0 spiro atoms. The van der Waals surface area contributed by atoms with Crippen molar-refractivity contribution >= 4 is 11.9 Å². The first-order chi connectivity index (χ1) is 30.6. The fourth-order valence-corrected chi connectivity index (χ4v) is 7.94. The van der Waals surface area contributed by atoms with Gasteiger partial charge in [-0.1, -0.05) is 218 Å². The Morgan fingerprint density at radius 1 is 0.323 bits per heavy atom. The summed E-state index contributed by atoms with van der Waals surface area (Å²) in [4.78, 5) is 25.2. The number of esters is 2. The third-order valence-electron chi connectivity index (χ3n) is 12.2. The van der Waals surface area contributed by atoms with E-state index in [1.54, 1.807) is 0 Å². The van der Waals surface area contributed by atoms with E-state index in [0.29, 0.717) is 19.4 Å². The van der Waals surface area contributed by atoms with Crippen LogP contribution in [-0.4, -0.2) is 37.9 Å². The minimum absolute atomic E-state index is 0.150. The molecule has 0 aromatic heterocycles. The lowest BCUT2D eigenvalue weighted by Gasteiger charge is -2.18.